The van der Waals surface area contributed by atoms with Gasteiger partial charge in [-0.05, 0) is 30.9 Å². The summed E-state index contributed by atoms with van der Waals surface area (Å²) in [6.45, 7) is 0.598. The Morgan fingerprint density at radius 3 is 2.83 bits per heavy atom. The minimum atomic E-state index is -0.236. The Balaban J connectivity index is 1.66. The molecule has 1 saturated carbocycles. The molecule has 0 aliphatic heterocycles. The van der Waals surface area contributed by atoms with E-state index in [9.17, 15) is 9.59 Å². The van der Waals surface area contributed by atoms with Gasteiger partial charge < -0.3 is 14.6 Å². The molecule has 0 radical (unpaired) electrons. The second-order valence-corrected chi connectivity index (χ2v) is 6.95. The molecule has 0 bridgehead atoms. The zero-order valence-electron chi connectivity index (χ0n) is 13.4. The third-order valence-corrected chi connectivity index (χ3v) is 4.92. The molecule has 2 aromatic rings. The minimum Gasteiger partial charge on any atom is -0.459 e. The van der Waals surface area contributed by atoms with Crippen molar-refractivity contribution in [3.05, 3.63) is 35.7 Å². The average Bonchev–Trinajstić information content (AvgIpc) is 3.28. The van der Waals surface area contributed by atoms with Gasteiger partial charge in [0, 0.05) is 18.1 Å². The third-order valence-electron chi connectivity index (χ3n) is 4.24. The predicted molar refractivity (Wildman–Crippen MR) is 91.9 cm³/mol. The molecule has 2 amide bonds. The standard InChI is InChI=1S/C17H21N3O3S/c21-15(19-17-18-8-10-24-17)12-20(11-13-5-2-1-3-6-13)16(22)14-7-4-9-23-14/h4,7-10,13H,1-3,5-6,11-12H2,(H,18,19,21). The van der Waals surface area contributed by atoms with Gasteiger partial charge in [0.15, 0.2) is 10.9 Å². The molecule has 2 heterocycles. The number of hydrogen-bond donors (Lipinski definition) is 1. The number of amides is 2. The normalized spacial score (nSPS) is 15.2. The molecule has 0 atom stereocenters. The van der Waals surface area contributed by atoms with E-state index in [1.807, 2.05) is 0 Å². The summed E-state index contributed by atoms with van der Waals surface area (Å²) in [5.41, 5.74) is 0. The van der Waals surface area contributed by atoms with Crippen LogP contribution in [0.4, 0.5) is 5.13 Å². The summed E-state index contributed by atoms with van der Waals surface area (Å²) in [5.74, 6) is 0.249. The van der Waals surface area contributed by atoms with Gasteiger partial charge in [0.05, 0.1) is 6.26 Å². The van der Waals surface area contributed by atoms with Crippen LogP contribution in [0.1, 0.15) is 42.7 Å². The molecular weight excluding hydrogens is 326 g/mol. The summed E-state index contributed by atoms with van der Waals surface area (Å²) in [6.07, 6.45) is 8.96. The van der Waals surface area contributed by atoms with Gasteiger partial charge in [-0.15, -0.1) is 11.3 Å². The lowest BCUT2D eigenvalue weighted by Crippen LogP contribution is -2.41. The molecule has 1 aliphatic carbocycles. The highest BCUT2D eigenvalue weighted by molar-refractivity contribution is 7.13. The number of hydrogen-bond acceptors (Lipinski definition) is 5. The van der Waals surface area contributed by atoms with Crippen LogP contribution in [0.5, 0.6) is 0 Å². The Labute approximate surface area is 144 Å². The monoisotopic (exact) mass is 347 g/mol. The number of carbonyl (C=O) groups excluding carboxylic acids is 2. The van der Waals surface area contributed by atoms with Gasteiger partial charge in [0.25, 0.3) is 5.91 Å². The van der Waals surface area contributed by atoms with Crippen LogP contribution in [0.15, 0.2) is 34.4 Å². The number of thiazole rings is 1. The molecule has 7 heteroatoms. The first-order valence-corrected chi connectivity index (χ1v) is 9.12. The molecule has 0 spiro atoms. The van der Waals surface area contributed by atoms with Crippen LogP contribution in [-0.4, -0.2) is 34.8 Å². The largest absolute Gasteiger partial charge is 0.459 e. The van der Waals surface area contributed by atoms with Gasteiger partial charge in [0.2, 0.25) is 5.91 Å². The van der Waals surface area contributed by atoms with E-state index in [4.69, 9.17) is 4.42 Å². The first kappa shape index (κ1) is 16.7. The Morgan fingerprint density at radius 1 is 1.33 bits per heavy atom. The second kappa shape index (κ2) is 8.10. The van der Waals surface area contributed by atoms with Crippen molar-refractivity contribution in [2.45, 2.75) is 32.1 Å². The van der Waals surface area contributed by atoms with Crippen molar-refractivity contribution in [2.24, 2.45) is 5.92 Å². The lowest BCUT2D eigenvalue weighted by Gasteiger charge is -2.28. The van der Waals surface area contributed by atoms with E-state index in [1.165, 1.54) is 36.9 Å². The van der Waals surface area contributed by atoms with Crippen LogP contribution in [0, 0.1) is 5.92 Å². The van der Waals surface area contributed by atoms with Gasteiger partial charge in [0.1, 0.15) is 6.54 Å². The molecule has 0 aromatic carbocycles. The van der Waals surface area contributed by atoms with E-state index in [1.54, 1.807) is 28.6 Å². The van der Waals surface area contributed by atoms with E-state index < -0.39 is 0 Å². The molecule has 3 rings (SSSR count). The van der Waals surface area contributed by atoms with Crippen LogP contribution >= 0.6 is 11.3 Å². The fourth-order valence-corrected chi connectivity index (χ4v) is 3.62. The first-order valence-electron chi connectivity index (χ1n) is 8.24. The number of aromatic nitrogens is 1. The Morgan fingerprint density at radius 2 is 2.17 bits per heavy atom. The average molecular weight is 347 g/mol. The summed E-state index contributed by atoms with van der Waals surface area (Å²) in [4.78, 5) is 30.6. The van der Waals surface area contributed by atoms with Gasteiger partial charge in [-0.3, -0.25) is 9.59 Å². The number of furan rings is 1. The van der Waals surface area contributed by atoms with Crippen LogP contribution in [0.3, 0.4) is 0 Å². The zero-order valence-corrected chi connectivity index (χ0v) is 14.3. The lowest BCUT2D eigenvalue weighted by molar-refractivity contribution is -0.117. The van der Waals surface area contributed by atoms with E-state index >= 15 is 0 Å². The maximum Gasteiger partial charge on any atom is 0.290 e. The Bertz CT molecular complexity index is 649. The van der Waals surface area contributed by atoms with Crippen molar-refractivity contribution in [3.8, 4) is 0 Å². The van der Waals surface area contributed by atoms with Crippen molar-refractivity contribution in [3.63, 3.8) is 0 Å². The number of anilines is 1. The number of carbonyl (C=O) groups is 2. The highest BCUT2D eigenvalue weighted by atomic mass is 32.1. The maximum absolute atomic E-state index is 12.7. The van der Waals surface area contributed by atoms with Crippen LogP contribution < -0.4 is 5.32 Å². The summed E-state index contributed by atoms with van der Waals surface area (Å²) < 4.78 is 5.22. The topological polar surface area (TPSA) is 75.4 Å². The first-order chi connectivity index (χ1) is 11.7. The summed E-state index contributed by atoms with van der Waals surface area (Å²) in [5, 5.41) is 5.07. The smallest absolute Gasteiger partial charge is 0.290 e. The fourth-order valence-electron chi connectivity index (χ4n) is 3.07. The Hall–Kier alpha value is -2.15. The molecule has 1 fully saturated rings. The van der Waals surface area contributed by atoms with Gasteiger partial charge in [-0.2, -0.15) is 0 Å². The molecule has 1 N–H and O–H groups in total. The lowest BCUT2D eigenvalue weighted by atomic mass is 9.89. The molecule has 1 aliphatic rings. The van der Waals surface area contributed by atoms with Crippen molar-refractivity contribution in [1.29, 1.82) is 0 Å². The molecule has 0 unspecified atom stereocenters. The molecule has 2 aromatic heterocycles. The molecule has 128 valence electrons. The number of rotatable bonds is 6. The van der Waals surface area contributed by atoms with Gasteiger partial charge >= 0.3 is 0 Å². The Kier molecular flexibility index (Phi) is 5.63. The van der Waals surface area contributed by atoms with Gasteiger partial charge in [-0.1, -0.05) is 19.3 Å². The van der Waals surface area contributed by atoms with Crippen molar-refractivity contribution >= 4 is 28.3 Å². The van der Waals surface area contributed by atoms with E-state index in [0.29, 0.717) is 17.6 Å². The van der Waals surface area contributed by atoms with Crippen molar-refractivity contribution in [2.75, 3.05) is 18.4 Å². The van der Waals surface area contributed by atoms with Crippen molar-refractivity contribution in [1.82, 2.24) is 9.88 Å². The zero-order chi connectivity index (χ0) is 16.8. The van der Waals surface area contributed by atoms with Crippen molar-refractivity contribution < 1.29 is 14.0 Å². The highest BCUT2D eigenvalue weighted by Gasteiger charge is 2.25. The third kappa shape index (κ3) is 4.44. The SMILES string of the molecule is O=C(CN(CC1CCCCC1)C(=O)c1ccco1)Nc1nccs1. The van der Waals surface area contributed by atoms with Crippen LogP contribution in [0.2, 0.25) is 0 Å². The maximum atomic E-state index is 12.7. The second-order valence-electron chi connectivity index (χ2n) is 6.05. The molecule has 6 nitrogen and oxygen atoms in total. The molecule has 24 heavy (non-hydrogen) atoms. The van der Waals surface area contributed by atoms with Crippen LogP contribution in [-0.2, 0) is 4.79 Å². The summed E-state index contributed by atoms with van der Waals surface area (Å²) in [6, 6.07) is 3.32. The highest BCUT2D eigenvalue weighted by Crippen LogP contribution is 2.25. The quantitative estimate of drug-likeness (QED) is 0.869. The van der Waals surface area contributed by atoms with E-state index in [2.05, 4.69) is 10.3 Å². The molecular formula is C17H21N3O3S. The number of nitrogens with zero attached hydrogens (tertiary/aromatic N) is 2. The van der Waals surface area contributed by atoms with E-state index in [0.717, 1.165) is 12.8 Å². The van der Waals surface area contributed by atoms with E-state index in [-0.39, 0.29) is 24.1 Å². The fraction of sp³-hybridized carbons (Fsp3) is 0.471. The minimum absolute atomic E-state index is 0.00954. The van der Waals surface area contributed by atoms with Crippen LogP contribution in [0.25, 0.3) is 0 Å². The predicted octanol–water partition coefficient (Wildman–Crippen LogP) is 3.40. The number of nitrogens with one attached hydrogen (secondary N) is 1. The van der Waals surface area contributed by atoms with Gasteiger partial charge in [-0.25, -0.2) is 4.98 Å². The summed E-state index contributed by atoms with van der Waals surface area (Å²) >= 11 is 1.36. The molecule has 0 saturated heterocycles. The summed E-state index contributed by atoms with van der Waals surface area (Å²) in [7, 11) is 0.